The van der Waals surface area contributed by atoms with Gasteiger partial charge in [0.1, 0.15) is 24.7 Å². The second-order valence-corrected chi connectivity index (χ2v) is 6.09. The van der Waals surface area contributed by atoms with E-state index >= 15 is 0 Å². The van der Waals surface area contributed by atoms with Gasteiger partial charge in [0.2, 0.25) is 0 Å². The van der Waals surface area contributed by atoms with Crippen molar-refractivity contribution in [3.63, 3.8) is 0 Å². The van der Waals surface area contributed by atoms with E-state index in [1.807, 2.05) is 0 Å². The topological polar surface area (TPSA) is 148 Å². The van der Waals surface area contributed by atoms with Crippen LogP contribution in [0.4, 0.5) is 19.2 Å². The van der Waals surface area contributed by atoms with Crippen molar-refractivity contribution >= 4 is 24.5 Å². The second-order valence-electron chi connectivity index (χ2n) is 6.09. The number of hydrogen-bond donors (Lipinski definition) is 2. The van der Waals surface area contributed by atoms with Gasteiger partial charge in [-0.05, 0) is 25.0 Å². The molecule has 0 aromatic heterocycles. The highest BCUT2D eigenvalue weighted by Gasteiger charge is 2.18. The number of carbonyl (C=O) groups is 4. The maximum Gasteiger partial charge on any atom is 0.514 e. The quantitative estimate of drug-likeness (QED) is 0.285. The Balaban J connectivity index is 1.36. The smallest absolute Gasteiger partial charge is 0.445 e. The van der Waals surface area contributed by atoms with Crippen LogP contribution in [0, 0.1) is 0 Å². The molecule has 0 saturated carbocycles. The molecule has 2 fully saturated rings. The van der Waals surface area contributed by atoms with E-state index in [1.165, 1.54) is 12.2 Å². The van der Waals surface area contributed by atoms with Crippen LogP contribution in [0.1, 0.15) is 25.7 Å². The maximum absolute atomic E-state index is 11.5. The van der Waals surface area contributed by atoms with Crippen molar-refractivity contribution < 1.29 is 47.6 Å². The van der Waals surface area contributed by atoms with Gasteiger partial charge >= 0.3 is 24.5 Å². The third-order valence-electron chi connectivity index (χ3n) is 3.79. The van der Waals surface area contributed by atoms with Gasteiger partial charge in [-0.3, -0.25) is 0 Å². The Kier molecular flexibility index (Phi) is 9.83. The Bertz CT molecular complexity index is 630. The summed E-state index contributed by atoms with van der Waals surface area (Å²) in [6.45, 7) is 0.977. The van der Waals surface area contributed by atoms with Crippen LogP contribution < -0.4 is 10.6 Å². The average molecular weight is 428 g/mol. The molecule has 2 saturated heterocycles. The summed E-state index contributed by atoms with van der Waals surface area (Å²) < 4.78 is 28.3. The summed E-state index contributed by atoms with van der Waals surface area (Å²) in [7, 11) is 0. The molecule has 0 aromatic carbocycles. The summed E-state index contributed by atoms with van der Waals surface area (Å²) in [5.41, 5.74) is 0. The number of amides is 2. The number of cyclic esters (lactones) is 4. The summed E-state index contributed by atoms with van der Waals surface area (Å²) in [6.07, 6.45) is 3.52. The van der Waals surface area contributed by atoms with Gasteiger partial charge in [-0.1, -0.05) is 12.8 Å². The first kappa shape index (κ1) is 22.8. The SMILES string of the molecule is O=C(NCCCCCCNC(=O)OCC=C1COC(=O)O1)OCC=C1COC(=O)O1. The number of ether oxygens (including phenoxy) is 6. The summed E-state index contributed by atoms with van der Waals surface area (Å²) >= 11 is 0. The van der Waals surface area contributed by atoms with Gasteiger partial charge in [0.05, 0.1) is 0 Å². The normalized spacial score (nSPS) is 17.7. The van der Waals surface area contributed by atoms with Crippen molar-refractivity contribution in [2.45, 2.75) is 25.7 Å². The molecule has 0 aliphatic carbocycles. The fraction of sp³-hybridized carbons (Fsp3) is 0.556. The number of carbonyl (C=O) groups excluding carboxylic acids is 4. The molecule has 12 nitrogen and oxygen atoms in total. The van der Waals surface area contributed by atoms with Gasteiger partial charge in [-0.25, -0.2) is 19.2 Å². The van der Waals surface area contributed by atoms with E-state index in [2.05, 4.69) is 29.6 Å². The lowest BCUT2D eigenvalue weighted by Gasteiger charge is -2.06. The Labute approximate surface area is 172 Å². The van der Waals surface area contributed by atoms with E-state index in [9.17, 15) is 19.2 Å². The molecular formula is C18H24N2O10. The van der Waals surface area contributed by atoms with Gasteiger partial charge < -0.3 is 39.1 Å². The van der Waals surface area contributed by atoms with Crippen LogP contribution in [0.2, 0.25) is 0 Å². The number of hydrogen-bond acceptors (Lipinski definition) is 10. The number of alkyl carbamates (subject to hydrolysis) is 2. The third-order valence-corrected chi connectivity index (χ3v) is 3.79. The molecule has 0 radical (unpaired) electrons. The van der Waals surface area contributed by atoms with Crippen LogP contribution in [0.15, 0.2) is 23.7 Å². The molecule has 2 amide bonds. The zero-order chi connectivity index (χ0) is 21.6. The molecule has 0 atom stereocenters. The molecule has 2 N–H and O–H groups in total. The predicted molar refractivity (Wildman–Crippen MR) is 98.2 cm³/mol. The molecule has 0 unspecified atom stereocenters. The zero-order valence-electron chi connectivity index (χ0n) is 16.3. The van der Waals surface area contributed by atoms with Gasteiger partial charge in [0.15, 0.2) is 13.2 Å². The van der Waals surface area contributed by atoms with Crippen molar-refractivity contribution in [2.24, 2.45) is 0 Å². The van der Waals surface area contributed by atoms with Crippen LogP contribution in [0.3, 0.4) is 0 Å². The van der Waals surface area contributed by atoms with Crippen LogP contribution in [0.5, 0.6) is 0 Å². The Hall–Kier alpha value is -3.44. The zero-order valence-corrected chi connectivity index (χ0v) is 16.3. The van der Waals surface area contributed by atoms with Crippen LogP contribution >= 0.6 is 0 Å². The van der Waals surface area contributed by atoms with Crippen LogP contribution in [0.25, 0.3) is 0 Å². The van der Waals surface area contributed by atoms with Crippen molar-refractivity contribution in [3.8, 4) is 0 Å². The maximum atomic E-state index is 11.5. The highest BCUT2D eigenvalue weighted by Crippen LogP contribution is 2.10. The highest BCUT2D eigenvalue weighted by atomic mass is 16.8. The molecule has 2 heterocycles. The minimum Gasteiger partial charge on any atom is -0.445 e. The number of rotatable bonds is 11. The summed E-state index contributed by atoms with van der Waals surface area (Å²) in [5.74, 6) is 0.632. The molecule has 2 aliphatic rings. The number of nitrogens with one attached hydrogen (secondary N) is 2. The summed E-state index contributed by atoms with van der Waals surface area (Å²) in [5, 5.41) is 5.22. The number of unbranched alkanes of at least 4 members (excludes halogenated alkanes) is 3. The molecular weight excluding hydrogens is 404 g/mol. The lowest BCUT2D eigenvalue weighted by atomic mass is 10.2. The van der Waals surface area contributed by atoms with Gasteiger partial charge in [-0.15, -0.1) is 0 Å². The molecule has 2 rings (SSSR count). The Morgan fingerprint density at radius 2 is 1.20 bits per heavy atom. The van der Waals surface area contributed by atoms with E-state index in [0.717, 1.165) is 25.7 Å². The van der Waals surface area contributed by atoms with Crippen molar-refractivity contribution in [1.29, 1.82) is 0 Å². The first-order valence-electron chi connectivity index (χ1n) is 9.41. The van der Waals surface area contributed by atoms with Crippen molar-refractivity contribution in [1.82, 2.24) is 10.6 Å². The lowest BCUT2D eigenvalue weighted by Crippen LogP contribution is -2.26. The monoisotopic (exact) mass is 428 g/mol. The lowest BCUT2D eigenvalue weighted by molar-refractivity contribution is 0.134. The first-order valence-corrected chi connectivity index (χ1v) is 9.41. The minimum absolute atomic E-state index is 0.0182. The van der Waals surface area contributed by atoms with E-state index < -0.39 is 24.5 Å². The summed E-state index contributed by atoms with van der Waals surface area (Å²) in [6, 6.07) is 0. The second kappa shape index (κ2) is 12.9. The fourth-order valence-electron chi connectivity index (χ4n) is 2.30. The van der Waals surface area contributed by atoms with Crippen molar-refractivity contribution in [2.75, 3.05) is 39.5 Å². The average Bonchev–Trinajstić information content (AvgIpc) is 3.31. The minimum atomic E-state index is -0.765. The molecule has 12 heteroatoms. The van der Waals surface area contributed by atoms with Gasteiger partial charge in [0.25, 0.3) is 0 Å². The van der Waals surface area contributed by atoms with E-state index in [1.54, 1.807) is 0 Å². The fourth-order valence-corrected chi connectivity index (χ4v) is 2.30. The Morgan fingerprint density at radius 3 is 1.57 bits per heavy atom. The molecule has 30 heavy (non-hydrogen) atoms. The Morgan fingerprint density at radius 1 is 0.767 bits per heavy atom. The first-order chi connectivity index (χ1) is 14.5. The van der Waals surface area contributed by atoms with E-state index in [-0.39, 0.29) is 26.4 Å². The third kappa shape index (κ3) is 9.66. The molecule has 2 aliphatic heterocycles. The standard InChI is InChI=1S/C18H24N2O10/c21-15(25-9-5-13-11-27-17(23)29-13)19-7-3-1-2-4-8-20-16(22)26-10-6-14-12-28-18(24)30-14/h5-6H,1-4,7-12H2,(H,19,21)(H,20,22). The molecule has 166 valence electrons. The van der Waals surface area contributed by atoms with Crippen LogP contribution in [-0.2, 0) is 28.4 Å². The predicted octanol–water partition coefficient (Wildman–Crippen LogP) is 2.10. The van der Waals surface area contributed by atoms with Gasteiger partial charge in [0, 0.05) is 13.1 Å². The van der Waals surface area contributed by atoms with E-state index in [0.29, 0.717) is 24.6 Å². The highest BCUT2D eigenvalue weighted by molar-refractivity contribution is 5.68. The van der Waals surface area contributed by atoms with Gasteiger partial charge in [-0.2, -0.15) is 0 Å². The van der Waals surface area contributed by atoms with Crippen LogP contribution in [-0.4, -0.2) is 64.0 Å². The largest absolute Gasteiger partial charge is 0.514 e. The summed E-state index contributed by atoms with van der Waals surface area (Å²) in [4.78, 5) is 44.4. The van der Waals surface area contributed by atoms with Crippen molar-refractivity contribution in [3.05, 3.63) is 23.7 Å². The molecule has 0 spiro atoms. The van der Waals surface area contributed by atoms with E-state index in [4.69, 9.17) is 9.47 Å². The molecule has 0 aromatic rings. The molecule has 0 bridgehead atoms.